The topological polar surface area (TPSA) is 0 Å². The molecule has 0 unspecified atom stereocenters. The number of unbranched alkanes of at least 4 members (excludes halogenated alkanes) is 13. The second-order valence-electron chi connectivity index (χ2n) is 6.36. The molecule has 0 heterocycles. The Hall–Kier alpha value is 1.04. The number of hydrogen-bond acceptors (Lipinski definition) is 0. The highest BCUT2D eigenvalue weighted by Crippen LogP contribution is 2.23. The van der Waals surface area contributed by atoms with E-state index in [1.165, 1.54) is 68.8 Å². The number of hydrogen-bond donors (Lipinski definition) is 0. The van der Waals surface area contributed by atoms with Gasteiger partial charge < -0.3 is 12.9 Å². The SMILES string of the molecule is FC(F)(F)CCCCCCCCCCCCCCC[CH2][Mg][Br]. The summed E-state index contributed by atoms with van der Waals surface area (Å²) in [7, 11) is 0. The maximum absolute atomic E-state index is 11.9. The highest BCUT2D eigenvalue weighted by molar-refractivity contribution is 9.23. The molecule has 0 rings (SSSR count). The predicted molar refractivity (Wildman–Crippen MR) is 94.8 cm³/mol. The Balaban J connectivity index is 3.00. The summed E-state index contributed by atoms with van der Waals surface area (Å²) in [4.78, 5) is 0. The Morgan fingerprint density at radius 2 is 0.864 bits per heavy atom. The maximum Gasteiger partial charge on any atom is 0.468 e. The van der Waals surface area contributed by atoms with Crippen molar-refractivity contribution < 1.29 is 13.2 Å². The second-order valence-corrected chi connectivity index (χ2v) is 9.82. The van der Waals surface area contributed by atoms with E-state index in [1.807, 2.05) is 0 Å². The molecule has 0 saturated heterocycles. The van der Waals surface area contributed by atoms with Gasteiger partial charge in [0, 0.05) is 6.42 Å². The van der Waals surface area contributed by atoms with Crippen LogP contribution in [0.15, 0.2) is 0 Å². The number of halogens is 4. The van der Waals surface area contributed by atoms with E-state index >= 15 is 0 Å². The van der Waals surface area contributed by atoms with Crippen molar-refractivity contribution in [2.75, 3.05) is 0 Å². The maximum atomic E-state index is 11.9. The van der Waals surface area contributed by atoms with Crippen molar-refractivity contribution in [3.05, 3.63) is 0 Å². The molecule has 0 spiro atoms. The van der Waals surface area contributed by atoms with E-state index in [2.05, 4.69) is 12.9 Å². The van der Waals surface area contributed by atoms with Gasteiger partial charge >= 0.3 is 24.4 Å². The van der Waals surface area contributed by atoms with Crippen molar-refractivity contribution in [2.45, 2.75) is 107 Å². The zero-order chi connectivity index (χ0) is 16.5. The van der Waals surface area contributed by atoms with Crippen molar-refractivity contribution in [1.82, 2.24) is 0 Å². The Morgan fingerprint density at radius 3 is 1.18 bits per heavy atom. The Kier molecular flexibility index (Phi) is 17.7. The highest BCUT2D eigenvalue weighted by atomic mass is 79.9. The van der Waals surface area contributed by atoms with Crippen molar-refractivity contribution in [3.63, 3.8) is 0 Å². The van der Waals surface area contributed by atoms with Gasteiger partial charge in [0.05, 0.1) is 0 Å². The van der Waals surface area contributed by atoms with Gasteiger partial charge in [0.1, 0.15) is 0 Å². The summed E-state index contributed by atoms with van der Waals surface area (Å²) in [6, 6.07) is 0. The summed E-state index contributed by atoms with van der Waals surface area (Å²) in [6.07, 6.45) is 12.0. The molecule has 0 aromatic heterocycles. The molecule has 0 aromatic rings. The average molecular weight is 398 g/mol. The van der Waals surface area contributed by atoms with Crippen LogP contribution in [0.5, 0.6) is 0 Å². The van der Waals surface area contributed by atoms with Crippen LogP contribution < -0.4 is 0 Å². The molecule has 0 nitrogen and oxygen atoms in total. The number of alkyl halides is 3. The lowest BCUT2D eigenvalue weighted by molar-refractivity contribution is -0.135. The van der Waals surface area contributed by atoms with Crippen molar-refractivity contribution in [1.29, 1.82) is 0 Å². The van der Waals surface area contributed by atoms with Gasteiger partial charge in [0.25, 0.3) is 0 Å². The molecular weight excluding hydrogens is 365 g/mol. The van der Waals surface area contributed by atoms with Gasteiger partial charge in [0.2, 0.25) is 0 Å². The summed E-state index contributed by atoms with van der Waals surface area (Å²) in [6.45, 7) is 0. The van der Waals surface area contributed by atoms with E-state index in [9.17, 15) is 13.2 Å². The Morgan fingerprint density at radius 1 is 0.545 bits per heavy atom. The smallest absolute Gasteiger partial charge is 0.307 e. The van der Waals surface area contributed by atoms with Crippen LogP contribution in [0.4, 0.5) is 13.2 Å². The first kappa shape index (κ1) is 23.0. The highest BCUT2D eigenvalue weighted by Gasteiger charge is 2.25. The summed E-state index contributed by atoms with van der Waals surface area (Å²) >= 11 is 3.70. The minimum atomic E-state index is -3.96. The molecule has 0 saturated carbocycles. The fraction of sp³-hybridized carbons (Fsp3) is 1.00. The molecule has 0 fully saturated rings. The molecule has 0 radical (unpaired) electrons. The van der Waals surface area contributed by atoms with E-state index in [4.69, 9.17) is 0 Å². The first-order valence-electron chi connectivity index (χ1n) is 9.19. The molecule has 0 aromatic carbocycles. The molecule has 0 aliphatic carbocycles. The minimum Gasteiger partial charge on any atom is -0.307 e. The molecule has 22 heavy (non-hydrogen) atoms. The molecule has 0 bridgehead atoms. The van der Waals surface area contributed by atoms with Crippen LogP contribution in [-0.2, 0) is 0 Å². The summed E-state index contributed by atoms with van der Waals surface area (Å²) < 4.78 is 37.2. The predicted octanol–water partition coefficient (Wildman–Crippen LogP) is 7.83. The van der Waals surface area contributed by atoms with E-state index in [0.717, 1.165) is 19.3 Å². The Bertz CT molecular complexity index is 222. The summed E-state index contributed by atoms with van der Waals surface area (Å²) in [5.41, 5.74) is 0. The first-order chi connectivity index (χ1) is 10.6. The third-order valence-corrected chi connectivity index (χ3v) is 6.54. The average Bonchev–Trinajstić information content (AvgIpc) is 2.45. The molecule has 0 aliphatic rings. The van der Waals surface area contributed by atoms with Crippen LogP contribution in [0.2, 0.25) is 4.55 Å². The molecule has 5 heteroatoms. The lowest BCUT2D eigenvalue weighted by atomic mass is 10.0. The van der Waals surface area contributed by atoms with Gasteiger partial charge in [-0.1, -0.05) is 83.5 Å². The van der Waals surface area contributed by atoms with E-state index in [0.29, 0.717) is 6.42 Å². The lowest BCUT2D eigenvalue weighted by Crippen LogP contribution is -2.06. The van der Waals surface area contributed by atoms with Gasteiger partial charge in [-0.2, -0.15) is 13.2 Å². The summed E-state index contributed by atoms with van der Waals surface area (Å²) in [5, 5.41) is 0. The van der Waals surface area contributed by atoms with Crippen LogP contribution in [0, 0.1) is 0 Å². The minimum absolute atomic E-state index is 0.107. The monoisotopic (exact) mass is 396 g/mol. The number of rotatable bonds is 16. The first-order valence-corrected chi connectivity index (χ1v) is 14.1. The van der Waals surface area contributed by atoms with Crippen LogP contribution in [0.25, 0.3) is 0 Å². The zero-order valence-corrected chi connectivity index (χ0v) is 17.0. The standard InChI is InChI=1S/C17H32F3.BrH.Mg/c1-2-3-4-5-6-7-8-9-10-11-12-13-14-15-16-17(18,19)20;;/h1-16H2;1H;/q;;+1/p-1. The van der Waals surface area contributed by atoms with Crippen molar-refractivity contribution >= 4 is 31.1 Å². The molecule has 0 atom stereocenters. The van der Waals surface area contributed by atoms with E-state index in [1.54, 1.807) is 0 Å². The van der Waals surface area contributed by atoms with E-state index in [-0.39, 0.29) is 18.2 Å². The van der Waals surface area contributed by atoms with Crippen LogP contribution in [0.3, 0.4) is 0 Å². The quantitative estimate of drug-likeness (QED) is 0.184. The third kappa shape index (κ3) is 21.0. The van der Waals surface area contributed by atoms with Gasteiger partial charge in [-0.05, 0) is 6.42 Å². The van der Waals surface area contributed by atoms with Crippen molar-refractivity contribution in [2.24, 2.45) is 0 Å². The van der Waals surface area contributed by atoms with Crippen LogP contribution in [-0.4, -0.2) is 24.4 Å². The largest absolute Gasteiger partial charge is 0.468 e. The van der Waals surface area contributed by atoms with Crippen LogP contribution >= 0.6 is 12.9 Å². The van der Waals surface area contributed by atoms with Gasteiger partial charge in [0.15, 0.2) is 0 Å². The fourth-order valence-corrected chi connectivity index (χ4v) is 4.45. The molecule has 0 aliphatic heterocycles. The summed E-state index contributed by atoms with van der Waals surface area (Å²) in [5.74, 6) is 0. The third-order valence-electron chi connectivity index (χ3n) is 4.09. The molecular formula is C17H32BrF3Mg. The molecule has 0 amide bonds. The van der Waals surface area contributed by atoms with E-state index < -0.39 is 12.6 Å². The van der Waals surface area contributed by atoms with Gasteiger partial charge in [-0.3, -0.25) is 0 Å². The zero-order valence-electron chi connectivity index (χ0n) is 14.0. The normalized spacial score (nSPS) is 11.6. The molecule has 130 valence electrons. The van der Waals surface area contributed by atoms with Gasteiger partial charge in [-0.15, -0.1) is 4.55 Å². The van der Waals surface area contributed by atoms with Gasteiger partial charge in [-0.25, -0.2) is 0 Å². The fourth-order valence-electron chi connectivity index (χ4n) is 2.72. The Labute approximate surface area is 151 Å². The van der Waals surface area contributed by atoms with Crippen LogP contribution in [0.1, 0.15) is 96.3 Å². The molecule has 0 N–H and O–H groups in total. The second kappa shape index (κ2) is 16.9. The van der Waals surface area contributed by atoms with Crippen molar-refractivity contribution in [3.8, 4) is 0 Å². The lowest BCUT2D eigenvalue weighted by Gasteiger charge is -2.05.